The molecule has 1 atom stereocenters. The normalized spacial score (nSPS) is 12.9. The summed E-state index contributed by atoms with van der Waals surface area (Å²) in [6.45, 7) is 0. The van der Waals surface area contributed by atoms with Crippen LogP contribution in [0.4, 0.5) is 0 Å². The molecule has 78 valence electrons. The van der Waals surface area contributed by atoms with E-state index in [1.807, 2.05) is 12.1 Å². The van der Waals surface area contributed by atoms with Gasteiger partial charge in [-0.3, -0.25) is 0 Å². The van der Waals surface area contributed by atoms with Crippen LogP contribution in [0.15, 0.2) is 24.5 Å². The Morgan fingerprint density at radius 3 is 3.20 bits per heavy atom. The quantitative estimate of drug-likeness (QED) is 0.636. The number of nitrogens with one attached hydrogen (secondary N) is 1. The van der Waals surface area contributed by atoms with Crippen molar-refractivity contribution in [3.8, 4) is 0 Å². The SMILES string of the molecule is [NH3+][C@H](Cc1c[nH]c2ncccc12)C(=O)[O-]. The lowest BCUT2D eigenvalue weighted by Crippen LogP contribution is -2.69. The number of H-pyrrole nitrogens is 1. The van der Waals surface area contributed by atoms with Crippen molar-refractivity contribution in [1.82, 2.24) is 9.97 Å². The second kappa shape index (κ2) is 3.70. The molecule has 4 N–H and O–H groups in total. The van der Waals surface area contributed by atoms with Crippen LogP contribution in [-0.2, 0) is 11.2 Å². The number of carboxylic acid groups (broad SMARTS) is 1. The van der Waals surface area contributed by atoms with Crippen molar-refractivity contribution in [3.63, 3.8) is 0 Å². The monoisotopic (exact) mass is 205 g/mol. The third kappa shape index (κ3) is 1.82. The Balaban J connectivity index is 2.32. The Labute approximate surface area is 85.9 Å². The zero-order valence-corrected chi connectivity index (χ0v) is 8.06. The van der Waals surface area contributed by atoms with Crippen LogP contribution in [0.25, 0.3) is 11.0 Å². The number of pyridine rings is 1. The van der Waals surface area contributed by atoms with Gasteiger partial charge in [-0.1, -0.05) is 0 Å². The van der Waals surface area contributed by atoms with Gasteiger partial charge >= 0.3 is 0 Å². The van der Waals surface area contributed by atoms with Crippen LogP contribution in [0.3, 0.4) is 0 Å². The number of quaternary nitrogens is 1. The van der Waals surface area contributed by atoms with Crippen molar-refractivity contribution >= 4 is 17.0 Å². The summed E-state index contributed by atoms with van der Waals surface area (Å²) < 4.78 is 0. The molecule has 0 fully saturated rings. The first-order chi connectivity index (χ1) is 7.18. The average Bonchev–Trinajstić information content (AvgIpc) is 2.62. The highest BCUT2D eigenvalue weighted by Gasteiger charge is 2.12. The van der Waals surface area contributed by atoms with Gasteiger partial charge in [-0.15, -0.1) is 0 Å². The molecule has 2 aromatic rings. The molecule has 0 radical (unpaired) electrons. The van der Waals surface area contributed by atoms with E-state index in [0.29, 0.717) is 6.42 Å². The van der Waals surface area contributed by atoms with Gasteiger partial charge in [0, 0.05) is 24.2 Å². The predicted molar refractivity (Wildman–Crippen MR) is 51.5 cm³/mol. The van der Waals surface area contributed by atoms with E-state index in [9.17, 15) is 9.90 Å². The van der Waals surface area contributed by atoms with Crippen LogP contribution >= 0.6 is 0 Å². The van der Waals surface area contributed by atoms with Gasteiger partial charge in [0.15, 0.2) is 0 Å². The number of aromatic nitrogens is 2. The van der Waals surface area contributed by atoms with Crippen molar-refractivity contribution in [2.75, 3.05) is 0 Å². The Morgan fingerprint density at radius 2 is 2.47 bits per heavy atom. The molecule has 2 aromatic heterocycles. The molecular weight excluding hydrogens is 194 g/mol. The van der Waals surface area contributed by atoms with Gasteiger partial charge in [0.25, 0.3) is 0 Å². The van der Waals surface area contributed by atoms with Crippen LogP contribution in [0.2, 0.25) is 0 Å². The largest absolute Gasteiger partial charge is 0.544 e. The van der Waals surface area contributed by atoms with Gasteiger partial charge in [0.2, 0.25) is 0 Å². The maximum Gasteiger partial charge on any atom is 0.137 e. The van der Waals surface area contributed by atoms with E-state index in [1.165, 1.54) is 0 Å². The second-order valence-corrected chi connectivity index (χ2v) is 3.43. The van der Waals surface area contributed by atoms with E-state index in [-0.39, 0.29) is 0 Å². The molecule has 0 saturated carbocycles. The van der Waals surface area contributed by atoms with Crippen molar-refractivity contribution in [2.45, 2.75) is 12.5 Å². The highest BCUT2D eigenvalue weighted by atomic mass is 16.4. The summed E-state index contributed by atoms with van der Waals surface area (Å²) in [6, 6.07) is 2.98. The summed E-state index contributed by atoms with van der Waals surface area (Å²) in [4.78, 5) is 17.7. The van der Waals surface area contributed by atoms with Gasteiger partial charge in [-0.25, -0.2) is 4.98 Å². The molecule has 0 amide bonds. The van der Waals surface area contributed by atoms with E-state index in [4.69, 9.17) is 0 Å². The minimum atomic E-state index is -1.13. The molecule has 5 nitrogen and oxygen atoms in total. The number of carbonyl (C=O) groups is 1. The van der Waals surface area contributed by atoms with E-state index in [0.717, 1.165) is 16.6 Å². The number of aromatic amines is 1. The molecule has 0 bridgehead atoms. The summed E-state index contributed by atoms with van der Waals surface area (Å²) in [5.41, 5.74) is 5.19. The van der Waals surface area contributed by atoms with E-state index in [2.05, 4.69) is 15.7 Å². The smallest absolute Gasteiger partial charge is 0.137 e. The molecule has 0 spiro atoms. The molecular formula is C10H11N3O2. The fraction of sp³-hybridized carbons (Fsp3) is 0.200. The second-order valence-electron chi connectivity index (χ2n) is 3.43. The highest BCUT2D eigenvalue weighted by Crippen LogP contribution is 2.16. The maximum atomic E-state index is 10.6. The standard InChI is InChI=1S/C10H11N3O2/c11-8(10(14)15)4-6-5-13-9-7(6)2-1-3-12-9/h1-3,5,8H,4,11H2,(H,12,13)(H,14,15)/t8-/m1/s1. The molecule has 0 unspecified atom stereocenters. The fourth-order valence-electron chi connectivity index (χ4n) is 1.53. The minimum Gasteiger partial charge on any atom is -0.544 e. The number of nitrogens with zero attached hydrogens (tertiary/aromatic N) is 1. The molecule has 0 aliphatic heterocycles. The lowest BCUT2D eigenvalue weighted by Gasteiger charge is -2.07. The van der Waals surface area contributed by atoms with Crippen LogP contribution in [-0.4, -0.2) is 22.0 Å². The highest BCUT2D eigenvalue weighted by molar-refractivity contribution is 5.80. The number of rotatable bonds is 3. The topological polar surface area (TPSA) is 96.5 Å². The molecule has 2 heterocycles. The Kier molecular flexibility index (Phi) is 2.39. The third-order valence-electron chi connectivity index (χ3n) is 2.34. The number of carbonyl (C=O) groups excluding carboxylic acids is 1. The molecule has 2 rings (SSSR count). The molecule has 0 saturated heterocycles. The molecule has 0 aliphatic rings. The summed E-state index contributed by atoms with van der Waals surface area (Å²) in [5.74, 6) is -1.13. The number of fused-ring (bicyclic) bond motifs is 1. The van der Waals surface area contributed by atoms with Gasteiger partial charge in [-0.05, 0) is 17.7 Å². The van der Waals surface area contributed by atoms with Gasteiger partial charge < -0.3 is 20.6 Å². The summed E-state index contributed by atoms with van der Waals surface area (Å²) >= 11 is 0. The van der Waals surface area contributed by atoms with Gasteiger partial charge in [0.1, 0.15) is 11.7 Å². The molecule has 5 heteroatoms. The van der Waals surface area contributed by atoms with Crippen molar-refractivity contribution in [1.29, 1.82) is 0 Å². The zero-order chi connectivity index (χ0) is 10.8. The number of hydrogen-bond donors (Lipinski definition) is 2. The number of carboxylic acids is 1. The lowest BCUT2D eigenvalue weighted by atomic mass is 10.1. The number of aliphatic carboxylic acids is 1. The number of hydrogen-bond acceptors (Lipinski definition) is 3. The van der Waals surface area contributed by atoms with Crippen molar-refractivity contribution in [2.24, 2.45) is 0 Å². The predicted octanol–water partition coefficient (Wildman–Crippen LogP) is -1.53. The minimum absolute atomic E-state index is 0.355. The van der Waals surface area contributed by atoms with E-state index in [1.54, 1.807) is 12.4 Å². The van der Waals surface area contributed by atoms with Crippen LogP contribution in [0.5, 0.6) is 0 Å². The van der Waals surface area contributed by atoms with Gasteiger partial charge in [-0.2, -0.15) is 0 Å². The Bertz CT molecular complexity index is 492. The van der Waals surface area contributed by atoms with Crippen LogP contribution < -0.4 is 10.8 Å². The van der Waals surface area contributed by atoms with E-state index < -0.39 is 12.0 Å². The first kappa shape index (κ1) is 9.67. The van der Waals surface area contributed by atoms with Gasteiger partial charge in [0.05, 0.1) is 5.97 Å². The summed E-state index contributed by atoms with van der Waals surface area (Å²) in [7, 11) is 0. The maximum absolute atomic E-state index is 10.6. The first-order valence-corrected chi connectivity index (χ1v) is 4.63. The average molecular weight is 205 g/mol. The van der Waals surface area contributed by atoms with Crippen LogP contribution in [0, 0.1) is 0 Å². The summed E-state index contributed by atoms with van der Waals surface area (Å²) in [5, 5.41) is 11.5. The molecule has 0 aliphatic carbocycles. The molecule has 0 aromatic carbocycles. The summed E-state index contributed by atoms with van der Waals surface area (Å²) in [6.07, 6.45) is 3.80. The fourth-order valence-corrected chi connectivity index (χ4v) is 1.53. The van der Waals surface area contributed by atoms with Crippen LogP contribution in [0.1, 0.15) is 5.56 Å². The van der Waals surface area contributed by atoms with E-state index >= 15 is 0 Å². The first-order valence-electron chi connectivity index (χ1n) is 4.63. The van der Waals surface area contributed by atoms with Crippen molar-refractivity contribution in [3.05, 3.63) is 30.1 Å². The Hall–Kier alpha value is -1.88. The van der Waals surface area contributed by atoms with Crippen molar-refractivity contribution < 1.29 is 15.6 Å². The lowest BCUT2D eigenvalue weighted by molar-refractivity contribution is -0.436. The Morgan fingerprint density at radius 1 is 1.67 bits per heavy atom. The molecule has 15 heavy (non-hydrogen) atoms. The zero-order valence-electron chi connectivity index (χ0n) is 8.06. The third-order valence-corrected chi connectivity index (χ3v) is 2.34.